The molecule has 0 spiro atoms. The number of morpholine rings is 1. The number of ether oxygens (including phenoxy) is 1. The van der Waals surface area contributed by atoms with Gasteiger partial charge in [0, 0.05) is 51.7 Å². The molecule has 6 heteroatoms. The minimum absolute atomic E-state index is 0.232. The van der Waals surface area contributed by atoms with Gasteiger partial charge in [-0.2, -0.15) is 0 Å². The summed E-state index contributed by atoms with van der Waals surface area (Å²) in [7, 11) is 0. The maximum atomic E-state index is 12.6. The molecular weight excluding hydrogens is 286 g/mol. The number of rotatable bonds is 3. The third-order valence-corrected chi connectivity index (χ3v) is 5.44. The molecule has 0 aliphatic carbocycles. The first-order valence-corrected chi connectivity index (χ1v) is 8.65. The smallest absolute Gasteiger partial charge is 0.225 e. The fourth-order valence-electron chi connectivity index (χ4n) is 3.70. The summed E-state index contributed by atoms with van der Waals surface area (Å²) in [5.74, 6) is 1.27. The predicted octanol–water partition coefficient (Wildman–Crippen LogP) is 0.724. The zero-order valence-corrected chi connectivity index (χ0v) is 13.6. The van der Waals surface area contributed by atoms with E-state index in [9.17, 15) is 4.79 Å². The summed E-state index contributed by atoms with van der Waals surface area (Å²) >= 11 is 4.36. The molecule has 0 aromatic rings. The second-order valence-corrected chi connectivity index (χ2v) is 7.15. The van der Waals surface area contributed by atoms with E-state index in [-0.39, 0.29) is 5.92 Å². The van der Waals surface area contributed by atoms with E-state index in [1.807, 2.05) is 4.31 Å². The van der Waals surface area contributed by atoms with Crippen LogP contribution in [-0.2, 0) is 9.53 Å². The maximum absolute atomic E-state index is 12.6. The highest BCUT2D eigenvalue weighted by Gasteiger charge is 2.33. The summed E-state index contributed by atoms with van der Waals surface area (Å²) in [6.45, 7) is 8.72. The fraction of sp³-hybridized carbons (Fsp3) is 0.933. The van der Waals surface area contributed by atoms with E-state index < -0.39 is 0 Å². The molecule has 3 aliphatic rings. The topological polar surface area (TPSA) is 36.0 Å². The van der Waals surface area contributed by atoms with Gasteiger partial charge >= 0.3 is 0 Å². The summed E-state index contributed by atoms with van der Waals surface area (Å²) in [5, 5.41) is 0. The number of likely N-dealkylation sites (tertiary alicyclic amines) is 1. The van der Waals surface area contributed by atoms with Crippen molar-refractivity contribution in [3.8, 4) is 0 Å². The molecule has 1 amide bonds. The van der Waals surface area contributed by atoms with Crippen LogP contribution in [0.4, 0.5) is 0 Å². The van der Waals surface area contributed by atoms with Gasteiger partial charge in [0.25, 0.3) is 0 Å². The van der Waals surface area contributed by atoms with Crippen molar-refractivity contribution in [2.75, 3.05) is 59.0 Å². The molecule has 3 saturated heterocycles. The van der Waals surface area contributed by atoms with Crippen LogP contribution in [0.1, 0.15) is 19.3 Å². The molecular formula is C15H27N3O2S. The molecule has 0 aromatic heterocycles. The SMILES string of the molecule is O=C(C1CCN(S)CC1)N1CCC(CN2CCOCC2)C1. The zero-order chi connectivity index (χ0) is 14.7. The third-order valence-electron chi connectivity index (χ3n) is 5.04. The Morgan fingerprint density at radius 2 is 1.76 bits per heavy atom. The lowest BCUT2D eigenvalue weighted by Gasteiger charge is -2.31. The van der Waals surface area contributed by atoms with Crippen LogP contribution in [0.25, 0.3) is 0 Å². The Kier molecular flexibility index (Phi) is 5.43. The third kappa shape index (κ3) is 4.12. The second kappa shape index (κ2) is 7.31. The van der Waals surface area contributed by atoms with Crippen molar-refractivity contribution in [2.45, 2.75) is 19.3 Å². The average Bonchev–Trinajstić information content (AvgIpc) is 2.97. The van der Waals surface area contributed by atoms with Crippen molar-refractivity contribution in [1.82, 2.24) is 14.1 Å². The van der Waals surface area contributed by atoms with Gasteiger partial charge in [-0.3, -0.25) is 14.0 Å². The molecule has 0 aromatic carbocycles. The van der Waals surface area contributed by atoms with Gasteiger partial charge in [-0.25, -0.2) is 0 Å². The highest BCUT2D eigenvalue weighted by atomic mass is 32.1. The second-order valence-electron chi connectivity index (χ2n) is 6.58. The fourth-order valence-corrected chi connectivity index (χ4v) is 3.93. The van der Waals surface area contributed by atoms with E-state index in [4.69, 9.17) is 4.74 Å². The molecule has 1 unspecified atom stereocenters. The van der Waals surface area contributed by atoms with Gasteiger partial charge in [0.05, 0.1) is 13.2 Å². The van der Waals surface area contributed by atoms with Gasteiger partial charge in [-0.15, -0.1) is 0 Å². The Hall–Kier alpha value is -0.300. The highest BCUT2D eigenvalue weighted by Crippen LogP contribution is 2.25. The normalized spacial score (nSPS) is 30.0. The molecule has 3 rings (SSSR count). The van der Waals surface area contributed by atoms with Crippen LogP contribution in [0, 0.1) is 11.8 Å². The molecule has 3 aliphatic heterocycles. The van der Waals surface area contributed by atoms with Crippen molar-refractivity contribution in [2.24, 2.45) is 11.8 Å². The monoisotopic (exact) mass is 313 g/mol. The predicted molar refractivity (Wildman–Crippen MR) is 85.2 cm³/mol. The first-order chi connectivity index (χ1) is 10.2. The maximum Gasteiger partial charge on any atom is 0.225 e. The van der Waals surface area contributed by atoms with Gasteiger partial charge in [-0.1, -0.05) is 12.8 Å². The lowest BCUT2D eigenvalue weighted by atomic mass is 9.96. The van der Waals surface area contributed by atoms with Crippen LogP contribution in [0.5, 0.6) is 0 Å². The number of amides is 1. The summed E-state index contributed by atoms with van der Waals surface area (Å²) in [4.78, 5) is 17.2. The van der Waals surface area contributed by atoms with E-state index in [1.54, 1.807) is 0 Å². The van der Waals surface area contributed by atoms with E-state index in [1.165, 1.54) is 0 Å². The molecule has 3 heterocycles. The lowest BCUT2D eigenvalue weighted by molar-refractivity contribution is -0.135. The molecule has 120 valence electrons. The first-order valence-electron chi connectivity index (χ1n) is 8.25. The molecule has 0 N–H and O–H groups in total. The van der Waals surface area contributed by atoms with Gasteiger partial charge in [-0.05, 0) is 25.2 Å². The molecule has 0 radical (unpaired) electrons. The zero-order valence-electron chi connectivity index (χ0n) is 12.7. The number of piperidine rings is 1. The molecule has 1 atom stereocenters. The van der Waals surface area contributed by atoms with Crippen LogP contribution < -0.4 is 0 Å². The molecule has 3 fully saturated rings. The average molecular weight is 313 g/mol. The lowest BCUT2D eigenvalue weighted by Crippen LogP contribution is -2.41. The molecule has 0 bridgehead atoms. The number of thiol groups is 1. The van der Waals surface area contributed by atoms with Crippen molar-refractivity contribution in [3.05, 3.63) is 0 Å². The standard InChI is InChI=1S/C15H27N3O2S/c19-15(14-2-5-18(21)6-3-14)17-4-1-13(12-17)11-16-7-9-20-10-8-16/h13-14,21H,1-12H2. The van der Waals surface area contributed by atoms with Crippen molar-refractivity contribution < 1.29 is 9.53 Å². The van der Waals surface area contributed by atoms with Crippen molar-refractivity contribution in [1.29, 1.82) is 0 Å². The summed E-state index contributed by atoms with van der Waals surface area (Å²) in [6, 6.07) is 0. The van der Waals surface area contributed by atoms with E-state index >= 15 is 0 Å². The largest absolute Gasteiger partial charge is 0.379 e. The highest BCUT2D eigenvalue weighted by molar-refractivity contribution is 7.77. The van der Waals surface area contributed by atoms with Gasteiger partial charge in [0.15, 0.2) is 0 Å². The van der Waals surface area contributed by atoms with Crippen LogP contribution in [0.15, 0.2) is 0 Å². The van der Waals surface area contributed by atoms with Crippen LogP contribution in [0.3, 0.4) is 0 Å². The number of nitrogens with zero attached hydrogens (tertiary/aromatic N) is 3. The molecule has 5 nitrogen and oxygen atoms in total. The van der Waals surface area contributed by atoms with E-state index in [0.29, 0.717) is 11.8 Å². The van der Waals surface area contributed by atoms with Crippen LogP contribution in [0.2, 0.25) is 0 Å². The van der Waals surface area contributed by atoms with E-state index in [0.717, 1.165) is 78.3 Å². The van der Waals surface area contributed by atoms with E-state index in [2.05, 4.69) is 22.6 Å². The van der Waals surface area contributed by atoms with Crippen LogP contribution >= 0.6 is 12.8 Å². The Bertz CT molecular complexity index is 355. The number of carbonyl (C=O) groups is 1. The Morgan fingerprint density at radius 3 is 2.48 bits per heavy atom. The Morgan fingerprint density at radius 1 is 1.05 bits per heavy atom. The molecule has 0 saturated carbocycles. The van der Waals surface area contributed by atoms with Crippen LogP contribution in [-0.4, -0.2) is 79.0 Å². The van der Waals surface area contributed by atoms with Gasteiger partial charge < -0.3 is 9.64 Å². The number of carbonyl (C=O) groups excluding carboxylic acids is 1. The van der Waals surface area contributed by atoms with Gasteiger partial charge in [0.2, 0.25) is 5.91 Å². The summed E-state index contributed by atoms with van der Waals surface area (Å²) in [5.41, 5.74) is 0. The minimum atomic E-state index is 0.232. The number of hydrogen-bond acceptors (Lipinski definition) is 5. The van der Waals surface area contributed by atoms with Gasteiger partial charge in [0.1, 0.15) is 0 Å². The van der Waals surface area contributed by atoms with Crippen molar-refractivity contribution >= 4 is 18.7 Å². The first kappa shape index (κ1) is 15.6. The summed E-state index contributed by atoms with van der Waals surface area (Å²) in [6.07, 6.45) is 3.09. The Labute approximate surface area is 133 Å². The Balaban J connectivity index is 1.44. The van der Waals surface area contributed by atoms with Crippen molar-refractivity contribution in [3.63, 3.8) is 0 Å². The summed E-state index contributed by atoms with van der Waals surface area (Å²) < 4.78 is 7.42. The molecule has 21 heavy (non-hydrogen) atoms. The minimum Gasteiger partial charge on any atom is -0.379 e. The number of hydrogen-bond donors (Lipinski definition) is 1. The quantitative estimate of drug-likeness (QED) is 0.779.